The van der Waals surface area contributed by atoms with Gasteiger partial charge in [-0.3, -0.25) is 4.79 Å². The highest BCUT2D eigenvalue weighted by Crippen LogP contribution is 2.35. The summed E-state index contributed by atoms with van der Waals surface area (Å²) >= 11 is 1.62. The highest BCUT2D eigenvalue weighted by Gasteiger charge is 2.27. The minimum Gasteiger partial charge on any atom is -0.497 e. The van der Waals surface area contributed by atoms with E-state index in [2.05, 4.69) is 4.98 Å². The van der Waals surface area contributed by atoms with E-state index in [1.165, 1.54) is 0 Å². The van der Waals surface area contributed by atoms with E-state index >= 15 is 0 Å². The molecule has 0 bridgehead atoms. The van der Waals surface area contributed by atoms with Gasteiger partial charge >= 0.3 is 0 Å². The van der Waals surface area contributed by atoms with Crippen molar-refractivity contribution < 1.29 is 14.3 Å². The van der Waals surface area contributed by atoms with Gasteiger partial charge in [-0.2, -0.15) is 0 Å². The summed E-state index contributed by atoms with van der Waals surface area (Å²) in [5.41, 5.74) is 2.48. The Morgan fingerprint density at radius 2 is 2.08 bits per heavy atom. The van der Waals surface area contributed by atoms with Gasteiger partial charge < -0.3 is 14.5 Å². The predicted molar refractivity (Wildman–Crippen MR) is 96.0 cm³/mol. The van der Waals surface area contributed by atoms with Crippen molar-refractivity contribution in [3.8, 4) is 11.5 Å². The summed E-state index contributed by atoms with van der Waals surface area (Å²) in [6, 6.07) is 11.4. The van der Waals surface area contributed by atoms with Crippen LogP contribution in [0.1, 0.15) is 15.9 Å². The summed E-state index contributed by atoms with van der Waals surface area (Å²) in [6.07, 6.45) is 5.64. The molecule has 0 spiro atoms. The predicted octanol–water partition coefficient (Wildman–Crippen LogP) is 4.51. The van der Waals surface area contributed by atoms with E-state index in [1.54, 1.807) is 24.9 Å². The smallest absolute Gasteiger partial charge is 0.231 e. The monoisotopic (exact) mass is 337 g/mol. The molecule has 0 unspecified atom stereocenters. The number of carbonyl (C=O) groups is 1. The fourth-order valence-electron chi connectivity index (χ4n) is 2.80. The number of aromatic nitrogens is 1. The summed E-state index contributed by atoms with van der Waals surface area (Å²) < 4.78 is 11.1. The van der Waals surface area contributed by atoms with Gasteiger partial charge in [0, 0.05) is 27.6 Å². The summed E-state index contributed by atoms with van der Waals surface area (Å²) in [5, 5.41) is 0.985. The highest BCUT2D eigenvalue weighted by molar-refractivity contribution is 7.98. The number of Topliss-reactive ketones (excluding diaryl/α,β-unsaturated/α-hetero) is 1. The van der Waals surface area contributed by atoms with Crippen molar-refractivity contribution in [1.82, 2.24) is 4.98 Å². The Kier molecular flexibility index (Phi) is 3.58. The standard InChI is InChI=1S/C19H15NO3S/c1-22-12-3-6-16-15(8-12)11(10-20-16)7-18-19(21)14-5-4-13(24-2)9-17(14)23-18/h3-10,20H,1-2H3/b18-7+. The SMILES string of the molecule is COc1ccc2[nH]cc(/C=C3/Oc4cc(SC)ccc4C3=O)c2c1. The number of thioether (sulfide) groups is 1. The van der Waals surface area contributed by atoms with Gasteiger partial charge in [0.1, 0.15) is 11.5 Å². The first kappa shape index (κ1) is 14.9. The molecule has 1 aromatic heterocycles. The van der Waals surface area contributed by atoms with Gasteiger partial charge in [-0.25, -0.2) is 0 Å². The van der Waals surface area contributed by atoms with Gasteiger partial charge in [-0.1, -0.05) is 0 Å². The molecule has 0 atom stereocenters. The number of allylic oxidation sites excluding steroid dienone is 1. The van der Waals surface area contributed by atoms with Crippen LogP contribution in [-0.4, -0.2) is 24.1 Å². The molecule has 0 aliphatic carbocycles. The number of aromatic amines is 1. The van der Waals surface area contributed by atoms with E-state index in [4.69, 9.17) is 9.47 Å². The molecule has 4 rings (SSSR count). The van der Waals surface area contributed by atoms with E-state index < -0.39 is 0 Å². The maximum Gasteiger partial charge on any atom is 0.231 e. The molecule has 0 fully saturated rings. The largest absolute Gasteiger partial charge is 0.497 e. The number of nitrogens with one attached hydrogen (secondary N) is 1. The number of methoxy groups -OCH3 is 1. The summed E-state index contributed by atoms with van der Waals surface area (Å²) in [7, 11) is 1.63. The third-order valence-corrected chi connectivity index (χ3v) is 4.81. The number of fused-ring (bicyclic) bond motifs is 2. The van der Waals surface area contributed by atoms with Crippen molar-refractivity contribution in [2.45, 2.75) is 4.90 Å². The zero-order chi connectivity index (χ0) is 16.7. The van der Waals surface area contributed by atoms with E-state index in [0.717, 1.165) is 27.1 Å². The molecule has 0 saturated heterocycles. The molecule has 120 valence electrons. The fraction of sp³-hybridized carbons (Fsp3) is 0.105. The van der Waals surface area contributed by atoms with Crippen molar-refractivity contribution in [3.63, 3.8) is 0 Å². The lowest BCUT2D eigenvalue weighted by molar-refractivity contribution is 0.101. The second-order valence-corrected chi connectivity index (χ2v) is 6.34. The van der Waals surface area contributed by atoms with Crippen LogP contribution >= 0.6 is 11.8 Å². The molecule has 2 heterocycles. The molecule has 1 aliphatic rings. The molecule has 0 saturated carbocycles. The topological polar surface area (TPSA) is 51.3 Å². The average Bonchev–Trinajstić information content (AvgIpc) is 3.16. The lowest BCUT2D eigenvalue weighted by Gasteiger charge is -2.01. The van der Waals surface area contributed by atoms with Crippen LogP contribution in [-0.2, 0) is 0 Å². The number of hydrogen-bond donors (Lipinski definition) is 1. The minimum absolute atomic E-state index is 0.0881. The Morgan fingerprint density at radius 3 is 2.88 bits per heavy atom. The minimum atomic E-state index is -0.0881. The third-order valence-electron chi connectivity index (χ3n) is 4.08. The van der Waals surface area contributed by atoms with Crippen LogP contribution in [0.3, 0.4) is 0 Å². The number of ketones is 1. The van der Waals surface area contributed by atoms with E-state index in [-0.39, 0.29) is 5.78 Å². The van der Waals surface area contributed by atoms with Crippen LogP contribution in [0.15, 0.2) is 53.2 Å². The Labute approximate surface area is 143 Å². The van der Waals surface area contributed by atoms with Gasteiger partial charge in [0.15, 0.2) is 5.76 Å². The lowest BCUT2D eigenvalue weighted by atomic mass is 10.1. The number of carbonyl (C=O) groups excluding carboxylic acids is 1. The highest BCUT2D eigenvalue weighted by atomic mass is 32.2. The number of rotatable bonds is 3. The number of benzene rings is 2. The maximum absolute atomic E-state index is 12.5. The summed E-state index contributed by atoms with van der Waals surface area (Å²) in [6.45, 7) is 0. The zero-order valence-corrected chi connectivity index (χ0v) is 14.1. The maximum atomic E-state index is 12.5. The third kappa shape index (κ3) is 2.37. The molecule has 0 radical (unpaired) electrons. The van der Waals surface area contributed by atoms with Crippen molar-refractivity contribution >= 4 is 34.5 Å². The van der Waals surface area contributed by atoms with Crippen LogP contribution in [0, 0.1) is 0 Å². The van der Waals surface area contributed by atoms with Gasteiger partial charge in [0.25, 0.3) is 0 Å². The number of hydrogen-bond acceptors (Lipinski definition) is 4. The van der Waals surface area contributed by atoms with E-state index in [1.807, 2.05) is 48.9 Å². The molecule has 2 aromatic carbocycles. The van der Waals surface area contributed by atoms with Gasteiger partial charge in [-0.05, 0) is 48.7 Å². The second-order valence-electron chi connectivity index (χ2n) is 5.46. The van der Waals surface area contributed by atoms with E-state index in [9.17, 15) is 4.79 Å². The first-order chi connectivity index (χ1) is 11.7. The lowest BCUT2D eigenvalue weighted by Crippen LogP contribution is -1.97. The fourth-order valence-corrected chi connectivity index (χ4v) is 3.23. The van der Waals surface area contributed by atoms with Crippen LogP contribution in [0.2, 0.25) is 0 Å². The molecule has 5 heteroatoms. The Balaban J connectivity index is 1.76. The van der Waals surface area contributed by atoms with Gasteiger partial charge in [0.2, 0.25) is 5.78 Å². The van der Waals surface area contributed by atoms with Crippen LogP contribution in [0.5, 0.6) is 11.5 Å². The first-order valence-electron chi connectivity index (χ1n) is 7.47. The first-order valence-corrected chi connectivity index (χ1v) is 8.69. The van der Waals surface area contributed by atoms with Crippen LogP contribution < -0.4 is 9.47 Å². The summed E-state index contributed by atoms with van der Waals surface area (Å²) in [5.74, 6) is 1.64. The molecule has 1 aliphatic heterocycles. The van der Waals surface area contributed by atoms with Gasteiger partial charge in [-0.15, -0.1) is 11.8 Å². The van der Waals surface area contributed by atoms with Crippen molar-refractivity contribution in [3.05, 3.63) is 59.5 Å². The molecule has 1 N–H and O–H groups in total. The molecule has 0 amide bonds. The number of ether oxygens (including phenoxy) is 2. The molecule has 4 nitrogen and oxygen atoms in total. The van der Waals surface area contributed by atoms with Crippen LogP contribution in [0.4, 0.5) is 0 Å². The number of H-pyrrole nitrogens is 1. The van der Waals surface area contributed by atoms with Crippen molar-refractivity contribution in [2.75, 3.05) is 13.4 Å². The van der Waals surface area contributed by atoms with Gasteiger partial charge in [0.05, 0.1) is 12.7 Å². The summed E-state index contributed by atoms with van der Waals surface area (Å²) in [4.78, 5) is 16.8. The Morgan fingerprint density at radius 1 is 1.21 bits per heavy atom. The Bertz CT molecular complexity index is 987. The second kappa shape index (κ2) is 5.76. The van der Waals surface area contributed by atoms with Crippen molar-refractivity contribution in [1.29, 1.82) is 0 Å². The van der Waals surface area contributed by atoms with Crippen molar-refractivity contribution in [2.24, 2.45) is 0 Å². The zero-order valence-electron chi connectivity index (χ0n) is 13.3. The molecule has 24 heavy (non-hydrogen) atoms. The quantitative estimate of drug-likeness (QED) is 0.564. The van der Waals surface area contributed by atoms with E-state index in [0.29, 0.717) is 17.1 Å². The molecular weight excluding hydrogens is 322 g/mol. The average molecular weight is 337 g/mol. The normalized spacial score (nSPS) is 14.9. The van der Waals surface area contributed by atoms with Crippen LogP contribution in [0.25, 0.3) is 17.0 Å². The molecular formula is C19H15NO3S. The molecule has 3 aromatic rings. The Hall–Kier alpha value is -2.66.